The van der Waals surface area contributed by atoms with E-state index in [2.05, 4.69) is 60.4 Å². The largest absolute Gasteiger partial charge is 0.414 e. The molecule has 10 nitrogen and oxygen atoms in total. The zero-order valence-corrected chi connectivity index (χ0v) is 23.6. The molecule has 0 radical (unpaired) electrons. The number of hydrogen-bond acceptors (Lipinski definition) is 8. The summed E-state index contributed by atoms with van der Waals surface area (Å²) in [5.74, 6) is 0. The van der Waals surface area contributed by atoms with Gasteiger partial charge in [-0.05, 0) is 22.2 Å². The molecule has 0 aromatic carbocycles. The van der Waals surface area contributed by atoms with Gasteiger partial charge in [0.25, 0.3) is 5.56 Å². The van der Waals surface area contributed by atoms with E-state index >= 15 is 0 Å². The fourth-order valence-electron chi connectivity index (χ4n) is 4.68. The third-order valence-corrected chi connectivity index (χ3v) is 16.9. The number of nitrogens with zero attached hydrogens (tertiary/aromatic N) is 1. The van der Waals surface area contributed by atoms with Crippen molar-refractivity contribution < 1.29 is 27.9 Å². The molecule has 0 aliphatic carbocycles. The van der Waals surface area contributed by atoms with E-state index in [0.29, 0.717) is 0 Å². The second-order valence-electron chi connectivity index (χ2n) is 10.1. The van der Waals surface area contributed by atoms with Crippen molar-refractivity contribution in [1.29, 1.82) is 0 Å². The van der Waals surface area contributed by atoms with Crippen LogP contribution in [0.15, 0.2) is 21.9 Å². The molecule has 0 amide bonds. The van der Waals surface area contributed by atoms with Crippen LogP contribution >= 0.6 is 0 Å². The first-order chi connectivity index (χ1) is 15.8. The fraction of sp³-hybridized carbons (Fsp3) is 0.818. The van der Waals surface area contributed by atoms with Gasteiger partial charge < -0.3 is 27.9 Å². The van der Waals surface area contributed by atoms with E-state index in [9.17, 15) is 19.8 Å². The van der Waals surface area contributed by atoms with E-state index in [4.69, 9.17) is 17.7 Å². The van der Waals surface area contributed by atoms with E-state index < -0.39 is 53.4 Å². The molecule has 3 atom stereocenters. The Morgan fingerprint density at radius 2 is 1.59 bits per heavy atom. The number of aliphatic hydroxyl groups excluding tert-OH is 2. The van der Waals surface area contributed by atoms with Gasteiger partial charge in [0.1, 0.15) is 6.10 Å². The van der Waals surface area contributed by atoms with E-state index in [-0.39, 0.29) is 35.4 Å². The van der Waals surface area contributed by atoms with Crippen LogP contribution in [-0.4, -0.2) is 68.9 Å². The highest BCUT2D eigenvalue weighted by atomic mass is 28.5. The predicted molar refractivity (Wildman–Crippen MR) is 133 cm³/mol. The smallest absolute Gasteiger partial charge is 0.335 e. The highest BCUT2D eigenvalue weighted by Crippen LogP contribution is 2.46. The minimum Gasteiger partial charge on any atom is -0.414 e. The monoisotopic (exact) mass is 518 g/mol. The summed E-state index contributed by atoms with van der Waals surface area (Å²) in [4.78, 5) is 26.0. The second-order valence-corrected chi connectivity index (χ2v) is 19.0. The Hall–Kier alpha value is -1.13. The number of aromatic amines is 1. The molecule has 1 aliphatic heterocycles. The van der Waals surface area contributed by atoms with Crippen molar-refractivity contribution in [3.05, 3.63) is 33.1 Å². The summed E-state index contributed by atoms with van der Waals surface area (Å²) in [6.07, 6.45) is -1.39. The molecular formula is C22H42N2O8Si2. The first kappa shape index (κ1) is 29.1. The molecule has 1 saturated heterocycles. The van der Waals surface area contributed by atoms with Gasteiger partial charge in [-0.1, -0.05) is 55.4 Å². The normalized spacial score (nSPS) is 23.9. The van der Waals surface area contributed by atoms with Crippen molar-refractivity contribution in [2.45, 2.75) is 96.0 Å². The minimum atomic E-state index is -2.95. The number of rotatable bonds is 9. The number of aromatic nitrogens is 2. The Kier molecular flexibility index (Phi) is 10.0. The van der Waals surface area contributed by atoms with Gasteiger partial charge in [0.2, 0.25) is 0 Å². The van der Waals surface area contributed by atoms with Gasteiger partial charge in [-0.3, -0.25) is 14.3 Å². The Balaban J connectivity index is 2.56. The first-order valence-corrected chi connectivity index (χ1v) is 16.0. The molecular weight excluding hydrogens is 476 g/mol. The lowest BCUT2D eigenvalue weighted by atomic mass is 10.2. The molecule has 196 valence electrons. The Morgan fingerprint density at radius 1 is 1.03 bits per heavy atom. The van der Waals surface area contributed by atoms with Crippen molar-refractivity contribution in [1.82, 2.24) is 9.55 Å². The Bertz CT molecular complexity index is 885. The summed E-state index contributed by atoms with van der Waals surface area (Å²) in [7, 11) is -5.77. The highest BCUT2D eigenvalue weighted by molar-refractivity contribution is 6.83. The summed E-state index contributed by atoms with van der Waals surface area (Å²) in [5, 5.41) is 20.3. The summed E-state index contributed by atoms with van der Waals surface area (Å²) in [6, 6.07) is 1.18. The van der Waals surface area contributed by atoms with E-state index in [1.54, 1.807) is 0 Å². The molecule has 2 heterocycles. The zero-order valence-electron chi connectivity index (χ0n) is 21.6. The van der Waals surface area contributed by atoms with Gasteiger partial charge in [-0.25, -0.2) is 4.79 Å². The molecule has 1 aliphatic rings. The first-order valence-electron chi connectivity index (χ1n) is 12.0. The molecule has 3 N–H and O–H groups in total. The molecule has 0 bridgehead atoms. The van der Waals surface area contributed by atoms with E-state index in [1.807, 2.05) is 0 Å². The molecule has 12 heteroatoms. The fourth-order valence-corrected chi connectivity index (χ4v) is 15.9. The van der Waals surface area contributed by atoms with Crippen LogP contribution < -0.4 is 11.2 Å². The second kappa shape index (κ2) is 11.7. The molecule has 1 aromatic rings. The van der Waals surface area contributed by atoms with E-state index in [1.165, 1.54) is 12.3 Å². The van der Waals surface area contributed by atoms with Crippen molar-refractivity contribution in [3.63, 3.8) is 0 Å². The van der Waals surface area contributed by atoms with Gasteiger partial charge in [0.15, 0.2) is 6.23 Å². The summed E-state index contributed by atoms with van der Waals surface area (Å²) in [5.41, 5.74) is -0.850. The molecule has 2 rings (SSSR count). The SMILES string of the molecule is CC(C)[Si]1(C(C)C)OC[C@@H](O[C@H](CO)n2ccc(=O)[nH]c2=O)[C@@H](CO)O[Si](C(C)C)(C(C)C)O1. The van der Waals surface area contributed by atoms with Crippen LogP contribution in [0.5, 0.6) is 0 Å². The zero-order chi connectivity index (χ0) is 25.8. The van der Waals surface area contributed by atoms with Crippen LogP contribution in [0.3, 0.4) is 0 Å². The van der Waals surface area contributed by atoms with Crippen molar-refractivity contribution in [2.75, 3.05) is 19.8 Å². The molecule has 1 aromatic heterocycles. The standard InChI is InChI=1S/C22H42N2O8Si2/c1-14(2)33(15(3)4)29-13-19(18(11-25)31-34(32-33,16(5)6)17(7)8)30-21(12-26)24-10-9-20(27)23-22(24)28/h9-10,14-19,21,25-26H,11-13H2,1-8H3,(H,23,27,28)/t18-,19-,21-/m1/s1. The van der Waals surface area contributed by atoms with Gasteiger partial charge in [-0.15, -0.1) is 0 Å². The highest BCUT2D eigenvalue weighted by Gasteiger charge is 2.59. The number of aliphatic hydroxyl groups is 2. The number of ether oxygens (including phenoxy) is 1. The molecule has 1 fully saturated rings. The molecule has 0 saturated carbocycles. The van der Waals surface area contributed by atoms with Crippen LogP contribution in [0.25, 0.3) is 0 Å². The quantitative estimate of drug-likeness (QED) is 0.425. The summed E-state index contributed by atoms with van der Waals surface area (Å²) >= 11 is 0. The lowest BCUT2D eigenvalue weighted by molar-refractivity contribution is -0.150. The third-order valence-electron chi connectivity index (χ3n) is 6.59. The maximum Gasteiger partial charge on any atom is 0.335 e. The number of H-pyrrole nitrogens is 1. The maximum atomic E-state index is 12.3. The van der Waals surface area contributed by atoms with Crippen molar-refractivity contribution >= 4 is 17.1 Å². The van der Waals surface area contributed by atoms with Crippen molar-refractivity contribution in [2.24, 2.45) is 0 Å². The number of hydrogen-bond donors (Lipinski definition) is 3. The molecule has 0 spiro atoms. The van der Waals surface area contributed by atoms with Crippen LogP contribution in [-0.2, 0) is 17.7 Å². The molecule has 34 heavy (non-hydrogen) atoms. The summed E-state index contributed by atoms with van der Waals surface area (Å²) in [6.45, 7) is 15.9. The van der Waals surface area contributed by atoms with Gasteiger partial charge in [-0.2, -0.15) is 0 Å². The number of nitrogens with one attached hydrogen (secondary N) is 1. The summed E-state index contributed by atoms with van der Waals surface area (Å²) < 4.78 is 27.7. The average Bonchev–Trinajstić information content (AvgIpc) is 2.73. The Morgan fingerprint density at radius 3 is 2.03 bits per heavy atom. The van der Waals surface area contributed by atoms with Crippen molar-refractivity contribution in [3.8, 4) is 0 Å². The Labute approximate surface area is 203 Å². The van der Waals surface area contributed by atoms with Crippen LogP contribution in [0, 0.1) is 0 Å². The van der Waals surface area contributed by atoms with Gasteiger partial charge in [0.05, 0.1) is 25.9 Å². The topological polar surface area (TPSA) is 132 Å². The van der Waals surface area contributed by atoms with Crippen LogP contribution in [0.1, 0.15) is 61.6 Å². The lowest BCUT2D eigenvalue weighted by Crippen LogP contribution is -2.66. The van der Waals surface area contributed by atoms with Gasteiger partial charge in [0, 0.05) is 12.3 Å². The predicted octanol–water partition coefficient (Wildman–Crippen LogP) is 2.36. The third kappa shape index (κ3) is 5.81. The average molecular weight is 519 g/mol. The molecule has 0 unspecified atom stereocenters. The maximum absolute atomic E-state index is 12.3. The van der Waals surface area contributed by atoms with Crippen LogP contribution in [0.4, 0.5) is 0 Å². The lowest BCUT2D eigenvalue weighted by Gasteiger charge is -2.52. The van der Waals surface area contributed by atoms with Gasteiger partial charge >= 0.3 is 22.8 Å². The van der Waals surface area contributed by atoms with E-state index in [0.717, 1.165) is 4.57 Å². The minimum absolute atomic E-state index is 0.0725. The van der Waals surface area contributed by atoms with Crippen LogP contribution in [0.2, 0.25) is 22.2 Å².